The lowest BCUT2D eigenvalue weighted by Gasteiger charge is -2.35. The number of carbonyl (C=O) groups is 1. The molecule has 6 nitrogen and oxygen atoms in total. The van der Waals surface area contributed by atoms with Gasteiger partial charge >= 0.3 is 6.18 Å². The molecule has 1 heterocycles. The summed E-state index contributed by atoms with van der Waals surface area (Å²) in [6.07, 6.45) is 2.55. The number of alkyl halides is 3. The van der Waals surface area contributed by atoms with Crippen molar-refractivity contribution in [2.75, 3.05) is 13.1 Å². The largest absolute Gasteiger partial charge is 0.416 e. The van der Waals surface area contributed by atoms with Crippen LogP contribution in [0.25, 0.3) is 0 Å². The van der Waals surface area contributed by atoms with Crippen molar-refractivity contribution in [3.8, 4) is 0 Å². The van der Waals surface area contributed by atoms with Gasteiger partial charge in [-0.1, -0.05) is 30.7 Å². The Hall–Kier alpha value is -2.43. The molecule has 1 amide bonds. The molecular weight excluding hydrogens is 527 g/mol. The summed E-state index contributed by atoms with van der Waals surface area (Å²) >= 11 is 0. The highest BCUT2D eigenvalue weighted by Crippen LogP contribution is 2.34. The number of nitrogens with zero attached hydrogens (tertiary/aromatic N) is 1. The predicted octanol–water partition coefficient (Wildman–Crippen LogP) is 5.33. The number of carbonyl (C=O) groups excluding carboxylic acids is 1. The highest BCUT2D eigenvalue weighted by atomic mass is 32.2. The second kappa shape index (κ2) is 11.6. The Morgan fingerprint density at radius 3 is 2.59 bits per heavy atom. The number of nitrogens with one attached hydrogen (secondary N) is 2. The van der Waals surface area contributed by atoms with Crippen LogP contribution in [0.3, 0.4) is 0 Å². The lowest BCUT2D eigenvalue weighted by molar-refractivity contribution is -0.137. The van der Waals surface area contributed by atoms with Crippen molar-refractivity contribution in [1.82, 2.24) is 14.9 Å². The van der Waals surface area contributed by atoms with Crippen LogP contribution in [0.1, 0.15) is 79.7 Å². The van der Waals surface area contributed by atoms with Crippen molar-refractivity contribution < 1.29 is 26.4 Å². The first-order valence-corrected chi connectivity index (χ1v) is 15.4. The zero-order chi connectivity index (χ0) is 27.6. The molecule has 0 spiro atoms. The third-order valence-electron chi connectivity index (χ3n) is 8.08. The number of halogens is 3. The van der Waals surface area contributed by atoms with E-state index in [1.807, 2.05) is 0 Å². The van der Waals surface area contributed by atoms with E-state index < -0.39 is 32.7 Å². The Labute approximate surface area is 228 Å². The molecule has 2 aromatic carbocycles. The normalized spacial score (nSPS) is 22.3. The molecule has 5 rings (SSSR count). The molecular formula is C29H36F3N3O3S. The van der Waals surface area contributed by atoms with Gasteiger partial charge in [0.05, 0.1) is 16.5 Å². The minimum absolute atomic E-state index is 0.0206. The number of amides is 1. The molecule has 2 N–H and O–H groups in total. The number of fused-ring (bicyclic) bond motifs is 1. The van der Waals surface area contributed by atoms with E-state index in [0.717, 1.165) is 62.4 Å². The Kier molecular flexibility index (Phi) is 8.35. The van der Waals surface area contributed by atoms with E-state index in [4.69, 9.17) is 0 Å². The number of aryl methyl sites for hydroxylation is 1. The van der Waals surface area contributed by atoms with Gasteiger partial charge in [0.2, 0.25) is 15.9 Å². The molecule has 2 fully saturated rings. The smallest absolute Gasteiger partial charge is 0.349 e. The molecule has 1 saturated heterocycles. The van der Waals surface area contributed by atoms with Gasteiger partial charge in [-0.3, -0.25) is 4.79 Å². The molecule has 2 atom stereocenters. The maximum absolute atomic E-state index is 13.4. The van der Waals surface area contributed by atoms with Crippen LogP contribution >= 0.6 is 0 Å². The van der Waals surface area contributed by atoms with Crippen molar-refractivity contribution in [3.05, 3.63) is 64.7 Å². The summed E-state index contributed by atoms with van der Waals surface area (Å²) in [7, 11) is -4.19. The van der Waals surface area contributed by atoms with E-state index in [-0.39, 0.29) is 24.9 Å². The van der Waals surface area contributed by atoms with Crippen LogP contribution in [0.4, 0.5) is 13.2 Å². The maximum Gasteiger partial charge on any atom is 0.416 e. The number of rotatable bonds is 9. The quantitative estimate of drug-likeness (QED) is 0.432. The van der Waals surface area contributed by atoms with E-state index in [1.54, 1.807) is 0 Å². The zero-order valence-corrected chi connectivity index (χ0v) is 22.8. The van der Waals surface area contributed by atoms with Gasteiger partial charge in [-0.05, 0) is 92.3 Å². The second-order valence-corrected chi connectivity index (χ2v) is 13.0. The Balaban J connectivity index is 1.25. The van der Waals surface area contributed by atoms with Crippen molar-refractivity contribution in [2.24, 2.45) is 5.92 Å². The van der Waals surface area contributed by atoms with Gasteiger partial charge in [0.25, 0.3) is 0 Å². The molecule has 1 aliphatic heterocycles. The lowest BCUT2D eigenvalue weighted by Crippen LogP contribution is -2.46. The van der Waals surface area contributed by atoms with Crippen LogP contribution in [0, 0.1) is 5.92 Å². The van der Waals surface area contributed by atoms with Gasteiger partial charge in [0, 0.05) is 25.6 Å². The molecule has 212 valence electrons. The summed E-state index contributed by atoms with van der Waals surface area (Å²) in [6.45, 7) is 2.07. The van der Waals surface area contributed by atoms with Crippen molar-refractivity contribution in [2.45, 2.75) is 87.5 Å². The fourth-order valence-corrected chi connectivity index (χ4v) is 7.54. The predicted molar refractivity (Wildman–Crippen MR) is 142 cm³/mol. The Morgan fingerprint density at radius 2 is 1.82 bits per heavy atom. The van der Waals surface area contributed by atoms with Crippen LogP contribution in [-0.4, -0.2) is 37.8 Å². The summed E-state index contributed by atoms with van der Waals surface area (Å²) in [5, 5.41) is 6.64. The number of sulfonamides is 1. The highest BCUT2D eigenvalue weighted by molar-refractivity contribution is 7.89. The van der Waals surface area contributed by atoms with Crippen molar-refractivity contribution in [3.63, 3.8) is 0 Å². The average molecular weight is 564 g/mol. The minimum atomic E-state index is -4.64. The Bertz CT molecular complexity index is 1290. The van der Waals surface area contributed by atoms with Gasteiger partial charge in [-0.2, -0.15) is 17.5 Å². The standard InChI is InChI=1S/C29H36F3N3O3S/c30-29(31,32)23-6-4-8-25(16-23)39(37,38)35-14-2-1-7-24(35)17-28(36)34-27-9-3-5-22-15-21(12-13-26(22)27)19-33-18-20-10-11-20/h4,6,8,12-13,15-16,20,24,27,33H,1-3,5,7,9-11,14,17-19H2,(H,34,36)/t24-,27+/m0/s1. The SMILES string of the molecule is O=C(C[C@@H]1CCCCN1S(=O)(=O)c1cccc(C(F)(F)F)c1)N[C@@H]1CCCc2cc(CNCC3CC3)ccc21. The minimum Gasteiger partial charge on any atom is -0.349 e. The monoisotopic (exact) mass is 563 g/mol. The van der Waals surface area contributed by atoms with Crippen LogP contribution in [0.5, 0.6) is 0 Å². The fraction of sp³-hybridized carbons (Fsp3) is 0.552. The van der Waals surface area contributed by atoms with Gasteiger partial charge in [-0.25, -0.2) is 8.42 Å². The van der Waals surface area contributed by atoms with Crippen LogP contribution in [0.2, 0.25) is 0 Å². The maximum atomic E-state index is 13.4. The third-order valence-corrected chi connectivity index (χ3v) is 10.0. The molecule has 2 aromatic rings. The zero-order valence-electron chi connectivity index (χ0n) is 22.0. The fourth-order valence-electron chi connectivity index (χ4n) is 5.80. The summed E-state index contributed by atoms with van der Waals surface area (Å²) in [6, 6.07) is 9.52. The van der Waals surface area contributed by atoms with E-state index in [0.29, 0.717) is 18.9 Å². The van der Waals surface area contributed by atoms with Crippen molar-refractivity contribution in [1.29, 1.82) is 0 Å². The molecule has 0 radical (unpaired) electrons. The number of benzene rings is 2. The van der Waals surface area contributed by atoms with E-state index in [1.165, 1.54) is 34.3 Å². The molecule has 10 heteroatoms. The van der Waals surface area contributed by atoms with Crippen LogP contribution in [-0.2, 0) is 34.0 Å². The summed E-state index contributed by atoms with van der Waals surface area (Å²) in [5.74, 6) is 0.585. The second-order valence-electron chi connectivity index (χ2n) is 11.1. The van der Waals surface area contributed by atoms with E-state index in [2.05, 4.69) is 28.8 Å². The highest BCUT2D eigenvalue weighted by Gasteiger charge is 2.37. The van der Waals surface area contributed by atoms with E-state index in [9.17, 15) is 26.4 Å². The first kappa shape index (κ1) is 28.1. The van der Waals surface area contributed by atoms with Crippen molar-refractivity contribution >= 4 is 15.9 Å². The van der Waals surface area contributed by atoms with Crippen LogP contribution in [0.15, 0.2) is 47.4 Å². The average Bonchev–Trinajstić information content (AvgIpc) is 3.73. The van der Waals surface area contributed by atoms with Gasteiger partial charge in [-0.15, -0.1) is 0 Å². The molecule has 0 aromatic heterocycles. The van der Waals surface area contributed by atoms with Gasteiger partial charge in [0.15, 0.2) is 0 Å². The van der Waals surface area contributed by atoms with E-state index >= 15 is 0 Å². The Morgan fingerprint density at radius 1 is 1.00 bits per heavy atom. The topological polar surface area (TPSA) is 78.5 Å². The first-order valence-electron chi connectivity index (χ1n) is 13.9. The molecule has 39 heavy (non-hydrogen) atoms. The molecule has 1 saturated carbocycles. The lowest BCUT2D eigenvalue weighted by atomic mass is 9.86. The molecule has 0 bridgehead atoms. The number of piperidine rings is 1. The third kappa shape index (κ3) is 6.84. The summed E-state index contributed by atoms with van der Waals surface area (Å²) in [5.41, 5.74) is 2.58. The number of hydrogen-bond donors (Lipinski definition) is 2. The molecule has 2 aliphatic carbocycles. The number of hydrogen-bond acceptors (Lipinski definition) is 4. The molecule has 3 aliphatic rings. The molecule has 0 unspecified atom stereocenters. The summed E-state index contributed by atoms with van der Waals surface area (Å²) in [4.78, 5) is 12.8. The first-order chi connectivity index (χ1) is 18.6. The van der Waals surface area contributed by atoms with Crippen LogP contribution < -0.4 is 10.6 Å². The summed E-state index contributed by atoms with van der Waals surface area (Å²) < 4.78 is 67.6. The van der Waals surface area contributed by atoms with Gasteiger partial charge < -0.3 is 10.6 Å². The van der Waals surface area contributed by atoms with Gasteiger partial charge in [0.1, 0.15) is 0 Å².